The van der Waals surface area contributed by atoms with Crippen LogP contribution in [0.15, 0.2) is 21.7 Å². The third-order valence-corrected chi connectivity index (χ3v) is 4.15. The molecule has 1 fully saturated rings. The highest BCUT2D eigenvalue weighted by molar-refractivity contribution is 5.94. The summed E-state index contributed by atoms with van der Waals surface area (Å²) in [7, 11) is 2.95. The fourth-order valence-corrected chi connectivity index (χ4v) is 2.75. The van der Waals surface area contributed by atoms with Crippen LogP contribution in [-0.4, -0.2) is 50.7 Å². The summed E-state index contributed by atoms with van der Waals surface area (Å²) < 4.78 is 7.63. The van der Waals surface area contributed by atoms with E-state index in [4.69, 9.17) is 4.74 Å². The summed E-state index contributed by atoms with van der Waals surface area (Å²) >= 11 is 0. The topological polar surface area (TPSA) is 86.4 Å². The number of ether oxygens (including phenoxy) is 1. The molecule has 122 valence electrons. The predicted molar refractivity (Wildman–Crippen MR) is 83.5 cm³/mol. The van der Waals surface area contributed by atoms with E-state index >= 15 is 0 Å². The molecular weight excluding hydrogens is 300 g/mol. The van der Waals surface area contributed by atoms with Crippen LogP contribution in [-0.2, 0) is 18.8 Å². The number of pyridine rings is 1. The smallest absolute Gasteiger partial charge is 0.332 e. The Morgan fingerprint density at radius 3 is 2.70 bits per heavy atom. The van der Waals surface area contributed by atoms with Gasteiger partial charge >= 0.3 is 5.69 Å². The first-order chi connectivity index (χ1) is 10.9. The molecule has 2 aromatic rings. The molecule has 8 nitrogen and oxygen atoms in total. The molecule has 0 bridgehead atoms. The summed E-state index contributed by atoms with van der Waals surface area (Å²) in [6, 6.07) is 3.03. The van der Waals surface area contributed by atoms with Gasteiger partial charge in [-0.2, -0.15) is 0 Å². The van der Waals surface area contributed by atoms with Gasteiger partial charge in [-0.3, -0.25) is 18.7 Å². The molecule has 0 aromatic carbocycles. The van der Waals surface area contributed by atoms with Crippen molar-refractivity contribution in [2.45, 2.75) is 13.0 Å². The van der Waals surface area contributed by atoms with Crippen LogP contribution in [0, 0.1) is 0 Å². The molecule has 3 rings (SSSR count). The van der Waals surface area contributed by atoms with Crippen molar-refractivity contribution in [2.75, 3.05) is 19.8 Å². The number of amides is 1. The Labute approximate surface area is 131 Å². The molecule has 0 spiro atoms. The van der Waals surface area contributed by atoms with Gasteiger partial charge in [0.1, 0.15) is 11.3 Å². The monoisotopic (exact) mass is 318 g/mol. The van der Waals surface area contributed by atoms with Crippen LogP contribution in [0.4, 0.5) is 0 Å². The molecule has 1 aliphatic rings. The molecule has 1 saturated heterocycles. The van der Waals surface area contributed by atoms with Crippen LogP contribution < -0.4 is 11.2 Å². The normalized spacial score (nSPS) is 18.4. The first kappa shape index (κ1) is 15.4. The highest BCUT2D eigenvalue weighted by atomic mass is 16.5. The Hall–Kier alpha value is -2.48. The average Bonchev–Trinajstić information content (AvgIpc) is 2.57. The summed E-state index contributed by atoms with van der Waals surface area (Å²) in [6.07, 6.45) is 0. The highest BCUT2D eigenvalue weighted by Gasteiger charge is 2.26. The number of carbonyl (C=O) groups excluding carboxylic acids is 1. The van der Waals surface area contributed by atoms with Crippen molar-refractivity contribution < 1.29 is 9.53 Å². The predicted octanol–water partition coefficient (Wildman–Crippen LogP) is -0.507. The number of morpholine rings is 1. The van der Waals surface area contributed by atoms with E-state index in [0.717, 1.165) is 4.57 Å². The van der Waals surface area contributed by atoms with Crippen molar-refractivity contribution in [3.63, 3.8) is 0 Å². The lowest BCUT2D eigenvalue weighted by atomic mass is 10.2. The van der Waals surface area contributed by atoms with Gasteiger partial charge < -0.3 is 9.64 Å². The van der Waals surface area contributed by atoms with E-state index in [9.17, 15) is 14.4 Å². The first-order valence-electron chi connectivity index (χ1n) is 7.37. The number of fused-ring (bicyclic) bond motifs is 1. The Kier molecular flexibility index (Phi) is 3.77. The first-order valence-corrected chi connectivity index (χ1v) is 7.37. The lowest BCUT2D eigenvalue weighted by molar-refractivity contribution is 0.00329. The second-order valence-electron chi connectivity index (χ2n) is 5.70. The van der Waals surface area contributed by atoms with Crippen molar-refractivity contribution in [3.05, 3.63) is 38.7 Å². The molecule has 0 aliphatic carbocycles. The fourth-order valence-electron chi connectivity index (χ4n) is 2.75. The summed E-state index contributed by atoms with van der Waals surface area (Å²) in [5.41, 5.74) is -0.465. The number of hydrogen-bond donors (Lipinski definition) is 0. The highest BCUT2D eigenvalue weighted by Crippen LogP contribution is 2.13. The Bertz CT molecular complexity index is 899. The second kappa shape index (κ2) is 5.62. The Morgan fingerprint density at radius 2 is 2.00 bits per heavy atom. The van der Waals surface area contributed by atoms with E-state index in [1.54, 1.807) is 11.0 Å². The number of aryl methyl sites for hydroxylation is 1. The van der Waals surface area contributed by atoms with Crippen molar-refractivity contribution in [2.24, 2.45) is 14.1 Å². The van der Waals surface area contributed by atoms with Gasteiger partial charge in [-0.25, -0.2) is 9.78 Å². The maximum Gasteiger partial charge on any atom is 0.332 e. The van der Waals surface area contributed by atoms with Crippen molar-refractivity contribution in [3.8, 4) is 0 Å². The fraction of sp³-hybridized carbons (Fsp3) is 0.467. The molecule has 8 heteroatoms. The molecule has 3 heterocycles. The second-order valence-corrected chi connectivity index (χ2v) is 5.70. The number of rotatable bonds is 1. The van der Waals surface area contributed by atoms with Gasteiger partial charge in [0, 0.05) is 20.6 Å². The molecule has 1 amide bonds. The van der Waals surface area contributed by atoms with Crippen molar-refractivity contribution >= 4 is 16.9 Å². The molecule has 1 aliphatic heterocycles. The zero-order valence-electron chi connectivity index (χ0n) is 13.3. The van der Waals surface area contributed by atoms with Gasteiger partial charge in [-0.15, -0.1) is 0 Å². The van der Waals surface area contributed by atoms with Gasteiger partial charge in [0.2, 0.25) is 0 Å². The van der Waals surface area contributed by atoms with Crippen molar-refractivity contribution in [1.29, 1.82) is 0 Å². The molecule has 0 N–H and O–H groups in total. The largest absolute Gasteiger partial charge is 0.377 e. The third kappa shape index (κ3) is 2.44. The maximum absolute atomic E-state index is 12.6. The molecule has 23 heavy (non-hydrogen) atoms. The lowest BCUT2D eigenvalue weighted by Gasteiger charge is -2.33. The van der Waals surface area contributed by atoms with E-state index in [1.165, 1.54) is 24.7 Å². The van der Waals surface area contributed by atoms with E-state index in [1.807, 2.05) is 6.92 Å². The van der Waals surface area contributed by atoms with Crippen LogP contribution in [0.3, 0.4) is 0 Å². The molecule has 1 unspecified atom stereocenters. The number of hydrogen-bond acceptors (Lipinski definition) is 5. The quantitative estimate of drug-likeness (QED) is 0.707. The summed E-state index contributed by atoms with van der Waals surface area (Å²) in [5.74, 6) is -0.226. The average molecular weight is 318 g/mol. The Morgan fingerprint density at radius 1 is 1.26 bits per heavy atom. The van der Waals surface area contributed by atoms with Gasteiger partial charge in [0.15, 0.2) is 0 Å². The van der Waals surface area contributed by atoms with Crippen LogP contribution in [0.25, 0.3) is 11.0 Å². The number of aromatic nitrogens is 3. The standard InChI is InChI=1S/C15H18N4O4/c1-9-8-23-7-6-19(9)14(21)11-5-4-10-12(16-11)17(2)15(22)18(3)13(10)20/h4-5,9H,6-8H2,1-3H3. The van der Waals surface area contributed by atoms with E-state index in [0.29, 0.717) is 25.1 Å². The van der Waals surface area contributed by atoms with Gasteiger partial charge in [0.05, 0.1) is 24.6 Å². The van der Waals surface area contributed by atoms with Crippen LogP contribution >= 0.6 is 0 Å². The van der Waals surface area contributed by atoms with Crippen LogP contribution in [0.5, 0.6) is 0 Å². The molecular formula is C15H18N4O4. The van der Waals surface area contributed by atoms with E-state index < -0.39 is 11.2 Å². The van der Waals surface area contributed by atoms with E-state index in [2.05, 4.69) is 4.98 Å². The summed E-state index contributed by atoms with van der Waals surface area (Å²) in [5, 5.41) is 0.307. The SMILES string of the molecule is CC1COCCN1C(=O)c1ccc2c(=O)n(C)c(=O)n(C)c2n1. The van der Waals surface area contributed by atoms with Crippen LogP contribution in [0.1, 0.15) is 17.4 Å². The van der Waals surface area contributed by atoms with Gasteiger partial charge in [-0.05, 0) is 19.1 Å². The zero-order valence-corrected chi connectivity index (χ0v) is 13.3. The minimum atomic E-state index is -0.473. The summed E-state index contributed by atoms with van der Waals surface area (Å²) in [4.78, 5) is 42.7. The zero-order chi connectivity index (χ0) is 16.7. The van der Waals surface area contributed by atoms with Gasteiger partial charge in [0.25, 0.3) is 11.5 Å². The molecule has 1 atom stereocenters. The van der Waals surface area contributed by atoms with E-state index in [-0.39, 0.29) is 23.3 Å². The maximum atomic E-state index is 12.6. The lowest BCUT2D eigenvalue weighted by Crippen LogP contribution is -2.47. The Balaban J connectivity index is 2.12. The summed E-state index contributed by atoms with van der Waals surface area (Å²) in [6.45, 7) is 3.37. The number of carbonyl (C=O) groups is 1. The number of nitrogens with zero attached hydrogens (tertiary/aromatic N) is 4. The van der Waals surface area contributed by atoms with Gasteiger partial charge in [-0.1, -0.05) is 0 Å². The van der Waals surface area contributed by atoms with Crippen molar-refractivity contribution in [1.82, 2.24) is 19.0 Å². The van der Waals surface area contributed by atoms with Crippen LogP contribution in [0.2, 0.25) is 0 Å². The minimum Gasteiger partial charge on any atom is -0.377 e. The molecule has 0 saturated carbocycles. The molecule has 2 aromatic heterocycles. The minimum absolute atomic E-state index is 0.0405. The molecule has 0 radical (unpaired) electrons. The third-order valence-electron chi connectivity index (χ3n) is 4.15.